The zero-order valence-electron chi connectivity index (χ0n) is 37.4. The molecule has 0 radical (unpaired) electrons. The van der Waals surface area contributed by atoms with E-state index < -0.39 is 0 Å². The van der Waals surface area contributed by atoms with Crippen LogP contribution < -0.4 is 0 Å². The number of hydrogen-bond donors (Lipinski definition) is 0. The lowest BCUT2D eigenvalue weighted by Gasteiger charge is -2.57. The van der Waals surface area contributed by atoms with E-state index in [4.69, 9.17) is 4.74 Å². The number of rotatable bonds is 14. The Balaban J connectivity index is 0.720. The molecule has 0 heterocycles. The van der Waals surface area contributed by atoms with E-state index in [0.717, 1.165) is 72.4 Å². The highest BCUT2D eigenvalue weighted by atomic mass is 16.5. The van der Waals surface area contributed by atoms with E-state index in [-0.39, 0.29) is 0 Å². The Morgan fingerprint density at radius 1 is 0.545 bits per heavy atom. The normalized spacial score (nSPS) is 45.2. The van der Waals surface area contributed by atoms with Crippen molar-refractivity contribution in [3.63, 3.8) is 0 Å². The SMILES string of the molecule is CC(CCC[C@@H](C)[C@H]1CC[C@H]2[C@@H]3CC=C4C=CCC[C@]4(C)[C@H]3CC[C@]12C)COCC(C)CCC[C@@H](C)[C@H]1CC[C@H]2[C@@H]3CC=C4C=CCC[C@]4(C)[C@H]3CC[C@]12C. The first-order valence-corrected chi connectivity index (χ1v) is 24.7. The summed E-state index contributed by atoms with van der Waals surface area (Å²) < 4.78 is 6.42. The zero-order valence-corrected chi connectivity index (χ0v) is 37.4. The Bertz CT molecular complexity index is 1350. The highest BCUT2D eigenvalue weighted by molar-refractivity contribution is 5.35. The third kappa shape index (κ3) is 7.32. The average Bonchev–Trinajstić information content (AvgIpc) is 3.71. The van der Waals surface area contributed by atoms with Crippen LogP contribution in [-0.4, -0.2) is 13.2 Å². The summed E-state index contributed by atoms with van der Waals surface area (Å²) in [4.78, 5) is 0. The van der Waals surface area contributed by atoms with Gasteiger partial charge in [-0.2, -0.15) is 0 Å². The minimum atomic E-state index is 0.457. The van der Waals surface area contributed by atoms with Crippen molar-refractivity contribution in [1.82, 2.24) is 0 Å². The number of ether oxygens (including phenoxy) is 1. The van der Waals surface area contributed by atoms with Crippen LogP contribution in [0.1, 0.15) is 184 Å². The topological polar surface area (TPSA) is 9.23 Å². The van der Waals surface area contributed by atoms with Crippen molar-refractivity contribution < 1.29 is 4.74 Å². The Hall–Kier alpha value is -1.08. The van der Waals surface area contributed by atoms with E-state index in [9.17, 15) is 0 Å². The molecule has 0 amide bonds. The van der Waals surface area contributed by atoms with Crippen LogP contribution in [0.25, 0.3) is 0 Å². The van der Waals surface area contributed by atoms with Crippen molar-refractivity contribution in [3.05, 3.63) is 47.6 Å². The fourth-order valence-electron chi connectivity index (χ4n) is 17.2. The van der Waals surface area contributed by atoms with Crippen LogP contribution in [0.15, 0.2) is 47.6 Å². The average molecular weight is 751 g/mol. The van der Waals surface area contributed by atoms with Gasteiger partial charge in [0.1, 0.15) is 0 Å². The van der Waals surface area contributed by atoms with Crippen molar-refractivity contribution in [2.45, 2.75) is 184 Å². The maximum Gasteiger partial charge on any atom is 0.0491 e. The van der Waals surface area contributed by atoms with Gasteiger partial charge in [-0.15, -0.1) is 0 Å². The van der Waals surface area contributed by atoms with Gasteiger partial charge >= 0.3 is 0 Å². The molecule has 0 aromatic carbocycles. The quantitative estimate of drug-likeness (QED) is 0.172. The molecule has 8 rings (SSSR count). The lowest BCUT2D eigenvalue weighted by Crippen LogP contribution is -2.49. The summed E-state index contributed by atoms with van der Waals surface area (Å²) in [5.41, 5.74) is 5.45. The standard InChI is InChI=1S/C54H86O/c1-37(15-13-17-39(3)45-25-27-47-43-23-21-41-19-9-11-31-51(41,5)49(43)29-33-53(45,47)7)35-55-36-38(2)16-14-18-40(4)46-26-28-48-44-24-22-42-20-10-12-32-52(42,6)50(44)30-34-54(46,48)8/h9-10,19-22,37-40,43-50H,11-18,23-36H2,1-8H3/t37?,38?,39-,40-,43+,44+,45-,46-,47+,48+,49+,50+,51+,52+,53-,54-/m1/s1. The van der Waals surface area contributed by atoms with Gasteiger partial charge in [-0.25, -0.2) is 0 Å². The number of allylic oxidation sites excluding steroid dienone is 8. The minimum Gasteiger partial charge on any atom is -0.381 e. The second-order valence-corrected chi connectivity index (χ2v) is 23.3. The van der Waals surface area contributed by atoms with Crippen molar-refractivity contribution in [2.75, 3.05) is 13.2 Å². The molecule has 0 N–H and O–H groups in total. The van der Waals surface area contributed by atoms with Gasteiger partial charge in [0.05, 0.1) is 0 Å². The molecular formula is C54H86O. The van der Waals surface area contributed by atoms with E-state index in [1.807, 2.05) is 0 Å². The fourth-order valence-corrected chi connectivity index (χ4v) is 17.2. The summed E-state index contributed by atoms with van der Waals surface area (Å²) in [6.07, 6.45) is 43.5. The third-order valence-corrected chi connectivity index (χ3v) is 20.3. The summed E-state index contributed by atoms with van der Waals surface area (Å²) in [5, 5.41) is 0. The first-order chi connectivity index (χ1) is 26.4. The molecule has 8 aliphatic rings. The van der Waals surface area contributed by atoms with Crippen molar-refractivity contribution in [1.29, 1.82) is 0 Å². The Morgan fingerprint density at radius 3 is 1.42 bits per heavy atom. The Morgan fingerprint density at radius 2 is 0.982 bits per heavy atom. The van der Waals surface area contributed by atoms with Crippen LogP contribution in [0.5, 0.6) is 0 Å². The van der Waals surface area contributed by atoms with Gasteiger partial charge in [-0.1, -0.05) is 118 Å². The van der Waals surface area contributed by atoms with Gasteiger partial charge in [-0.05, 0) is 207 Å². The predicted octanol–water partition coefficient (Wildman–Crippen LogP) is 15.4. The van der Waals surface area contributed by atoms with Crippen molar-refractivity contribution in [2.24, 2.45) is 92.7 Å². The Kier molecular flexibility index (Phi) is 12.0. The molecule has 0 aliphatic heterocycles. The van der Waals surface area contributed by atoms with Gasteiger partial charge in [0.2, 0.25) is 0 Å². The smallest absolute Gasteiger partial charge is 0.0491 e. The van der Waals surface area contributed by atoms with E-state index in [0.29, 0.717) is 33.5 Å². The fraction of sp³-hybridized carbons (Fsp3) is 0.852. The Labute approximate surface area is 340 Å². The molecule has 16 atom stereocenters. The summed E-state index contributed by atoms with van der Waals surface area (Å²) in [7, 11) is 0. The molecule has 0 aromatic heterocycles. The maximum atomic E-state index is 6.42. The molecule has 1 heteroatoms. The molecular weight excluding hydrogens is 665 g/mol. The largest absolute Gasteiger partial charge is 0.381 e. The zero-order chi connectivity index (χ0) is 38.6. The molecule has 4 saturated carbocycles. The van der Waals surface area contributed by atoms with Gasteiger partial charge < -0.3 is 4.74 Å². The van der Waals surface area contributed by atoms with Crippen LogP contribution in [0.2, 0.25) is 0 Å². The highest BCUT2D eigenvalue weighted by Gasteiger charge is 2.60. The first kappa shape index (κ1) is 40.7. The first-order valence-electron chi connectivity index (χ1n) is 24.7. The van der Waals surface area contributed by atoms with Crippen LogP contribution in [0.4, 0.5) is 0 Å². The molecule has 4 fully saturated rings. The summed E-state index contributed by atoms with van der Waals surface area (Å²) in [6, 6.07) is 0. The van der Waals surface area contributed by atoms with Crippen molar-refractivity contribution >= 4 is 0 Å². The molecule has 8 aliphatic carbocycles. The minimum absolute atomic E-state index is 0.457. The molecule has 2 unspecified atom stereocenters. The van der Waals surface area contributed by atoms with E-state index in [1.165, 1.54) is 128 Å². The van der Waals surface area contributed by atoms with E-state index >= 15 is 0 Å². The van der Waals surface area contributed by atoms with E-state index in [1.54, 1.807) is 11.1 Å². The molecule has 55 heavy (non-hydrogen) atoms. The van der Waals surface area contributed by atoms with Crippen LogP contribution in [0, 0.1) is 92.7 Å². The predicted molar refractivity (Wildman–Crippen MR) is 235 cm³/mol. The van der Waals surface area contributed by atoms with Crippen LogP contribution in [-0.2, 0) is 4.74 Å². The summed E-state index contributed by atoms with van der Waals surface area (Å²) in [5.74, 6) is 10.6. The second-order valence-electron chi connectivity index (χ2n) is 23.3. The monoisotopic (exact) mass is 751 g/mol. The second kappa shape index (κ2) is 16.2. The van der Waals surface area contributed by atoms with Crippen LogP contribution >= 0.6 is 0 Å². The number of hydrogen-bond acceptors (Lipinski definition) is 1. The lowest BCUT2D eigenvalue weighted by molar-refractivity contribution is -0.0452. The van der Waals surface area contributed by atoms with Gasteiger partial charge in [-0.3, -0.25) is 0 Å². The van der Waals surface area contributed by atoms with Gasteiger partial charge in [0, 0.05) is 13.2 Å². The third-order valence-electron chi connectivity index (χ3n) is 20.3. The number of fused-ring (bicyclic) bond motifs is 10. The molecule has 0 spiro atoms. The van der Waals surface area contributed by atoms with Gasteiger partial charge in [0.15, 0.2) is 0 Å². The van der Waals surface area contributed by atoms with E-state index in [2.05, 4.69) is 91.8 Å². The van der Waals surface area contributed by atoms with Gasteiger partial charge in [0.25, 0.3) is 0 Å². The molecule has 308 valence electrons. The molecule has 1 nitrogen and oxygen atoms in total. The maximum absolute atomic E-state index is 6.42. The van der Waals surface area contributed by atoms with Crippen molar-refractivity contribution in [3.8, 4) is 0 Å². The highest BCUT2D eigenvalue weighted by Crippen LogP contribution is 2.68. The molecule has 0 aromatic rings. The lowest BCUT2D eigenvalue weighted by atomic mass is 9.47. The summed E-state index contributed by atoms with van der Waals surface area (Å²) in [6.45, 7) is 22.9. The summed E-state index contributed by atoms with van der Waals surface area (Å²) >= 11 is 0. The molecule has 0 bridgehead atoms. The van der Waals surface area contributed by atoms with Crippen LogP contribution in [0.3, 0.4) is 0 Å². The molecule has 0 saturated heterocycles.